The molecule has 0 radical (unpaired) electrons. The van der Waals surface area contributed by atoms with Gasteiger partial charge < -0.3 is 14.8 Å². The second kappa shape index (κ2) is 8.78. The summed E-state index contributed by atoms with van der Waals surface area (Å²) in [6.45, 7) is 3.18. The first-order valence-electron chi connectivity index (χ1n) is 6.31. The predicted octanol–water partition coefficient (Wildman–Crippen LogP) is 1.44. The summed E-state index contributed by atoms with van der Waals surface area (Å²) < 4.78 is 10.5. The van der Waals surface area contributed by atoms with E-state index in [9.17, 15) is 4.79 Å². The molecule has 0 aromatic carbocycles. The van der Waals surface area contributed by atoms with Crippen LogP contribution < -0.4 is 5.32 Å². The molecule has 0 aliphatic carbocycles. The molecule has 1 aliphatic rings. The molecule has 0 aromatic heterocycles. The number of rotatable bonds is 8. The zero-order valence-electron chi connectivity index (χ0n) is 10.7. The Hall–Kier alpha value is -0.260. The number of thioether (sulfide) groups is 1. The highest BCUT2D eigenvalue weighted by Crippen LogP contribution is 2.17. The summed E-state index contributed by atoms with van der Waals surface area (Å²) in [5.41, 5.74) is 0. The lowest BCUT2D eigenvalue weighted by Crippen LogP contribution is -2.36. The van der Waals surface area contributed by atoms with Crippen molar-refractivity contribution < 1.29 is 14.3 Å². The van der Waals surface area contributed by atoms with Crippen molar-refractivity contribution in [2.75, 3.05) is 31.8 Å². The molecular formula is C12H23NO3S. The second-order valence-corrected chi connectivity index (χ2v) is 5.24. The van der Waals surface area contributed by atoms with Crippen LogP contribution in [0.5, 0.6) is 0 Å². The summed E-state index contributed by atoms with van der Waals surface area (Å²) in [4.78, 5) is 11.5. The van der Waals surface area contributed by atoms with Crippen LogP contribution >= 0.6 is 11.8 Å². The van der Waals surface area contributed by atoms with Gasteiger partial charge in [-0.15, -0.1) is 0 Å². The van der Waals surface area contributed by atoms with Gasteiger partial charge in [-0.1, -0.05) is 0 Å². The number of likely N-dealkylation sites (N-methyl/N-ethyl adjacent to an activating group) is 1. The standard InChI is InChI=1S/C12H23NO3S/c1-3-15-12(14)11(13-2)6-8-17-9-10-5-4-7-16-10/h10-11,13H,3-9H2,1-2H3. The zero-order chi connectivity index (χ0) is 12.5. The summed E-state index contributed by atoms with van der Waals surface area (Å²) in [6.07, 6.45) is 3.61. The Balaban J connectivity index is 2.08. The molecule has 100 valence electrons. The Morgan fingerprint density at radius 3 is 3.06 bits per heavy atom. The molecule has 1 N–H and O–H groups in total. The van der Waals surface area contributed by atoms with Gasteiger partial charge in [0.1, 0.15) is 6.04 Å². The topological polar surface area (TPSA) is 47.6 Å². The van der Waals surface area contributed by atoms with E-state index < -0.39 is 0 Å². The monoisotopic (exact) mass is 261 g/mol. The van der Waals surface area contributed by atoms with Gasteiger partial charge in [0, 0.05) is 12.4 Å². The molecule has 2 unspecified atom stereocenters. The largest absolute Gasteiger partial charge is 0.465 e. The van der Waals surface area contributed by atoms with E-state index in [-0.39, 0.29) is 12.0 Å². The first-order valence-corrected chi connectivity index (χ1v) is 7.46. The highest BCUT2D eigenvalue weighted by Gasteiger charge is 2.18. The van der Waals surface area contributed by atoms with E-state index in [4.69, 9.17) is 9.47 Å². The van der Waals surface area contributed by atoms with Crippen LogP contribution in [0.3, 0.4) is 0 Å². The highest BCUT2D eigenvalue weighted by atomic mass is 32.2. The lowest BCUT2D eigenvalue weighted by atomic mass is 10.2. The van der Waals surface area contributed by atoms with Crippen LogP contribution in [0, 0.1) is 0 Å². The Morgan fingerprint density at radius 1 is 1.65 bits per heavy atom. The summed E-state index contributed by atoms with van der Waals surface area (Å²) in [7, 11) is 1.80. The van der Waals surface area contributed by atoms with Crippen LogP contribution in [0.4, 0.5) is 0 Å². The van der Waals surface area contributed by atoms with Crippen LogP contribution in [0.1, 0.15) is 26.2 Å². The van der Waals surface area contributed by atoms with Crippen molar-refractivity contribution in [3.8, 4) is 0 Å². The summed E-state index contributed by atoms with van der Waals surface area (Å²) >= 11 is 1.86. The number of ether oxygens (including phenoxy) is 2. The van der Waals surface area contributed by atoms with Crippen molar-refractivity contribution in [2.45, 2.75) is 38.3 Å². The fraction of sp³-hybridized carbons (Fsp3) is 0.917. The maximum absolute atomic E-state index is 11.5. The van der Waals surface area contributed by atoms with Crippen LogP contribution in [0.25, 0.3) is 0 Å². The maximum Gasteiger partial charge on any atom is 0.323 e. The Kier molecular flexibility index (Phi) is 7.64. The quantitative estimate of drug-likeness (QED) is 0.529. The SMILES string of the molecule is CCOC(=O)C(CCSCC1CCCO1)NC. The minimum absolute atomic E-state index is 0.146. The third-order valence-electron chi connectivity index (χ3n) is 2.80. The molecule has 0 bridgehead atoms. The molecule has 5 heteroatoms. The van der Waals surface area contributed by atoms with Gasteiger partial charge in [-0.2, -0.15) is 11.8 Å². The molecule has 1 saturated heterocycles. The van der Waals surface area contributed by atoms with Crippen molar-refractivity contribution in [1.29, 1.82) is 0 Å². The zero-order valence-corrected chi connectivity index (χ0v) is 11.6. The molecule has 0 amide bonds. The number of carbonyl (C=O) groups is 1. The van der Waals surface area contributed by atoms with Crippen molar-refractivity contribution in [3.63, 3.8) is 0 Å². The third-order valence-corrected chi connectivity index (χ3v) is 3.93. The molecule has 0 saturated carbocycles. The number of hydrogen-bond acceptors (Lipinski definition) is 5. The average Bonchev–Trinajstić information content (AvgIpc) is 2.82. The smallest absolute Gasteiger partial charge is 0.323 e. The molecular weight excluding hydrogens is 238 g/mol. The fourth-order valence-electron chi connectivity index (χ4n) is 1.81. The van der Waals surface area contributed by atoms with E-state index in [1.165, 1.54) is 12.8 Å². The van der Waals surface area contributed by atoms with Crippen molar-refractivity contribution in [3.05, 3.63) is 0 Å². The minimum atomic E-state index is -0.174. The van der Waals surface area contributed by atoms with Gasteiger partial charge in [-0.25, -0.2) is 0 Å². The average molecular weight is 261 g/mol. The van der Waals surface area contributed by atoms with Crippen LogP contribution in [0.2, 0.25) is 0 Å². The Bertz CT molecular complexity index is 220. The molecule has 17 heavy (non-hydrogen) atoms. The first kappa shape index (κ1) is 14.8. The second-order valence-electron chi connectivity index (χ2n) is 4.09. The number of carbonyl (C=O) groups excluding carboxylic acids is 1. The predicted molar refractivity (Wildman–Crippen MR) is 70.4 cm³/mol. The minimum Gasteiger partial charge on any atom is -0.465 e. The fourth-order valence-corrected chi connectivity index (χ4v) is 2.91. The molecule has 1 rings (SSSR count). The van der Waals surface area contributed by atoms with Crippen molar-refractivity contribution in [1.82, 2.24) is 5.32 Å². The van der Waals surface area contributed by atoms with E-state index in [0.717, 1.165) is 24.5 Å². The van der Waals surface area contributed by atoms with Crippen LogP contribution in [0.15, 0.2) is 0 Å². The summed E-state index contributed by atoms with van der Waals surface area (Å²) in [6, 6.07) is -0.174. The van der Waals surface area contributed by atoms with Crippen molar-refractivity contribution in [2.24, 2.45) is 0 Å². The van der Waals surface area contributed by atoms with Crippen LogP contribution in [-0.4, -0.2) is 49.9 Å². The Morgan fingerprint density at radius 2 is 2.47 bits per heavy atom. The van der Waals surface area contributed by atoms with Gasteiger partial charge in [0.25, 0.3) is 0 Å². The Labute approximate surface area is 108 Å². The van der Waals surface area contributed by atoms with Crippen LogP contribution in [-0.2, 0) is 14.3 Å². The maximum atomic E-state index is 11.5. The number of esters is 1. The van der Waals surface area contributed by atoms with E-state index in [0.29, 0.717) is 12.7 Å². The van der Waals surface area contributed by atoms with E-state index >= 15 is 0 Å². The number of hydrogen-bond donors (Lipinski definition) is 1. The highest BCUT2D eigenvalue weighted by molar-refractivity contribution is 7.99. The van der Waals surface area contributed by atoms with E-state index in [2.05, 4.69) is 5.32 Å². The summed E-state index contributed by atoms with van der Waals surface area (Å²) in [5, 5.41) is 3.00. The number of nitrogens with one attached hydrogen (secondary N) is 1. The molecule has 4 nitrogen and oxygen atoms in total. The van der Waals surface area contributed by atoms with Gasteiger partial charge in [0.05, 0.1) is 12.7 Å². The van der Waals surface area contributed by atoms with Crippen molar-refractivity contribution >= 4 is 17.7 Å². The molecule has 1 aliphatic heterocycles. The summed E-state index contributed by atoms with van der Waals surface area (Å²) in [5.74, 6) is 1.86. The van der Waals surface area contributed by atoms with Gasteiger partial charge in [-0.05, 0) is 39.0 Å². The molecule has 0 spiro atoms. The first-order chi connectivity index (χ1) is 8.27. The van der Waals surface area contributed by atoms with Gasteiger partial charge in [0.2, 0.25) is 0 Å². The van der Waals surface area contributed by atoms with Gasteiger partial charge >= 0.3 is 5.97 Å². The van der Waals surface area contributed by atoms with E-state index in [1.807, 2.05) is 18.7 Å². The molecule has 0 aromatic rings. The normalized spacial score (nSPS) is 21.4. The molecule has 1 fully saturated rings. The lowest BCUT2D eigenvalue weighted by Gasteiger charge is -2.15. The lowest BCUT2D eigenvalue weighted by molar-refractivity contribution is -0.145. The molecule has 1 heterocycles. The molecule has 2 atom stereocenters. The van der Waals surface area contributed by atoms with Gasteiger partial charge in [-0.3, -0.25) is 4.79 Å². The van der Waals surface area contributed by atoms with Gasteiger partial charge in [0.15, 0.2) is 0 Å². The third kappa shape index (κ3) is 5.75. The van der Waals surface area contributed by atoms with E-state index in [1.54, 1.807) is 7.05 Å².